The van der Waals surface area contributed by atoms with Crippen LogP contribution < -0.4 is 16.0 Å². The van der Waals surface area contributed by atoms with Crippen molar-refractivity contribution in [3.05, 3.63) is 23.7 Å². The molecule has 0 radical (unpaired) electrons. The molecule has 2 aliphatic rings. The Hall–Kier alpha value is -2.35. The molecule has 2 amide bonds. The van der Waals surface area contributed by atoms with Gasteiger partial charge >= 0.3 is 0 Å². The largest absolute Gasteiger partial charge is 0.478 e. The molecule has 2 aliphatic carbocycles. The van der Waals surface area contributed by atoms with E-state index in [9.17, 15) is 14.7 Å². The molecule has 0 aromatic heterocycles. The predicted octanol–water partition coefficient (Wildman–Crippen LogP) is 4.01. The minimum absolute atomic E-state index is 0.0240. The van der Waals surface area contributed by atoms with Gasteiger partial charge in [0.05, 0.1) is 17.7 Å². The zero-order valence-corrected chi connectivity index (χ0v) is 23.2. The van der Waals surface area contributed by atoms with Crippen LogP contribution in [0.25, 0.3) is 0 Å². The van der Waals surface area contributed by atoms with Crippen molar-refractivity contribution < 1.29 is 19.4 Å². The van der Waals surface area contributed by atoms with Crippen molar-refractivity contribution in [2.45, 2.75) is 104 Å². The van der Waals surface area contributed by atoms with Gasteiger partial charge in [0.25, 0.3) is 5.91 Å². The van der Waals surface area contributed by atoms with E-state index in [1.807, 2.05) is 41.5 Å². The van der Waals surface area contributed by atoms with Gasteiger partial charge in [-0.2, -0.15) is 0 Å². The lowest BCUT2D eigenvalue weighted by molar-refractivity contribution is -0.122. The smallest absolute Gasteiger partial charge is 0.258 e. The fourth-order valence-electron chi connectivity index (χ4n) is 5.64. The molecule has 0 aliphatic heterocycles. The Labute approximate surface area is 217 Å². The summed E-state index contributed by atoms with van der Waals surface area (Å²) in [6.45, 7) is 14.2. The standard InChI is InChI=1S/C28H48N4O4/c1-8-9-23(33)32-27(5,6)10-11-30-26(36-17-18(2)3)22(16-29)25(34)31-24-19(4)12-20-13-21(24)15-28(7,35)14-20/h10-11,16,18-21,24,29-30,35H,8-9,12-15,17H2,1-7H3,(H,31,34)(H,32,33)/b11-10+,26-22-,29-16?/t19?,20?,21?,24?,28-/m0/s1. The third-order valence-electron chi connectivity index (χ3n) is 7.04. The van der Waals surface area contributed by atoms with E-state index in [0.717, 1.165) is 31.9 Å². The molecule has 5 N–H and O–H groups in total. The molecule has 8 heteroatoms. The van der Waals surface area contributed by atoms with Gasteiger partial charge in [0.2, 0.25) is 11.8 Å². The molecule has 0 heterocycles. The Morgan fingerprint density at radius 1 is 1.25 bits per heavy atom. The first kappa shape index (κ1) is 29.9. The predicted molar refractivity (Wildman–Crippen MR) is 143 cm³/mol. The van der Waals surface area contributed by atoms with Crippen molar-refractivity contribution in [3.63, 3.8) is 0 Å². The number of hydrogen-bond acceptors (Lipinski definition) is 6. The normalized spacial score (nSPS) is 28.9. The summed E-state index contributed by atoms with van der Waals surface area (Å²) < 4.78 is 5.92. The van der Waals surface area contributed by atoms with Gasteiger partial charge in [0.15, 0.2) is 0 Å². The Bertz CT molecular complexity index is 844. The van der Waals surface area contributed by atoms with Crippen LogP contribution in [0.2, 0.25) is 0 Å². The highest BCUT2D eigenvalue weighted by Gasteiger charge is 2.45. The van der Waals surface area contributed by atoms with Crippen LogP contribution in [-0.2, 0) is 14.3 Å². The molecule has 8 nitrogen and oxygen atoms in total. The Kier molecular flexibility index (Phi) is 10.6. The molecule has 0 aromatic rings. The van der Waals surface area contributed by atoms with Crippen LogP contribution in [0.4, 0.5) is 0 Å². The van der Waals surface area contributed by atoms with Crippen LogP contribution in [0.5, 0.6) is 0 Å². The Morgan fingerprint density at radius 2 is 1.94 bits per heavy atom. The van der Waals surface area contributed by atoms with E-state index in [2.05, 4.69) is 22.9 Å². The van der Waals surface area contributed by atoms with E-state index < -0.39 is 11.1 Å². The summed E-state index contributed by atoms with van der Waals surface area (Å²) in [4.78, 5) is 25.4. The van der Waals surface area contributed by atoms with Crippen molar-refractivity contribution in [3.8, 4) is 0 Å². The van der Waals surface area contributed by atoms with Gasteiger partial charge < -0.3 is 31.2 Å². The van der Waals surface area contributed by atoms with Gasteiger partial charge in [-0.25, -0.2) is 0 Å². The number of carbonyl (C=O) groups is 2. The van der Waals surface area contributed by atoms with E-state index >= 15 is 0 Å². The first-order valence-electron chi connectivity index (χ1n) is 13.4. The van der Waals surface area contributed by atoms with E-state index in [1.54, 1.807) is 12.3 Å². The third-order valence-corrected chi connectivity index (χ3v) is 7.04. The summed E-state index contributed by atoms with van der Waals surface area (Å²) in [7, 11) is 0. The van der Waals surface area contributed by atoms with Gasteiger partial charge in [-0.1, -0.05) is 27.7 Å². The summed E-state index contributed by atoms with van der Waals surface area (Å²) in [6, 6.07) is -0.0647. The average Bonchev–Trinajstić information content (AvgIpc) is 2.73. The lowest BCUT2D eigenvalue weighted by Gasteiger charge is -2.49. The van der Waals surface area contributed by atoms with Gasteiger partial charge in [-0.3, -0.25) is 9.59 Å². The highest BCUT2D eigenvalue weighted by Crippen LogP contribution is 2.46. The molecular weight excluding hydrogens is 456 g/mol. The molecule has 36 heavy (non-hydrogen) atoms. The summed E-state index contributed by atoms with van der Waals surface area (Å²) in [5.74, 6) is 1.04. The van der Waals surface area contributed by atoms with Crippen LogP contribution in [0, 0.1) is 29.1 Å². The van der Waals surface area contributed by atoms with Gasteiger partial charge in [-0.15, -0.1) is 0 Å². The Morgan fingerprint density at radius 3 is 2.56 bits per heavy atom. The molecule has 2 rings (SSSR count). The van der Waals surface area contributed by atoms with Gasteiger partial charge in [-0.05, 0) is 82.6 Å². The van der Waals surface area contributed by atoms with Crippen molar-refractivity contribution in [1.29, 1.82) is 5.41 Å². The fourth-order valence-corrected chi connectivity index (χ4v) is 5.64. The highest BCUT2D eigenvalue weighted by molar-refractivity contribution is 6.11. The Balaban J connectivity index is 2.20. The summed E-state index contributed by atoms with van der Waals surface area (Å²) in [6.07, 6.45) is 9.16. The molecule has 4 unspecified atom stereocenters. The molecule has 2 bridgehead atoms. The maximum atomic E-state index is 13.4. The van der Waals surface area contributed by atoms with E-state index in [-0.39, 0.29) is 41.1 Å². The molecular formula is C28H48N4O4. The number of amides is 2. The van der Waals surface area contributed by atoms with E-state index in [1.165, 1.54) is 0 Å². The minimum Gasteiger partial charge on any atom is -0.478 e. The second kappa shape index (κ2) is 12.7. The molecule has 0 aromatic carbocycles. The van der Waals surface area contributed by atoms with E-state index in [4.69, 9.17) is 10.1 Å². The molecule has 204 valence electrons. The lowest BCUT2D eigenvalue weighted by Crippen LogP contribution is -2.54. The zero-order valence-electron chi connectivity index (χ0n) is 23.2. The number of fused-ring (bicyclic) bond motifs is 2. The molecule has 0 spiro atoms. The zero-order chi connectivity index (χ0) is 27.1. The number of ether oxygens (including phenoxy) is 1. The minimum atomic E-state index is -0.700. The first-order chi connectivity index (χ1) is 16.8. The van der Waals surface area contributed by atoms with Crippen LogP contribution in [0.15, 0.2) is 23.7 Å². The topological polar surface area (TPSA) is 124 Å². The SMILES string of the molecule is CCCC(=O)NC(C)(C)/C=C/N/C(OCC(C)C)=C(\C=N)C(=O)NC1C(C)CC2CC1C[C@@](C)(O)C2. The molecule has 5 atom stereocenters. The summed E-state index contributed by atoms with van der Waals surface area (Å²) in [5.41, 5.74) is -1.18. The maximum absolute atomic E-state index is 13.4. The molecule has 2 fully saturated rings. The number of hydrogen-bond donors (Lipinski definition) is 5. The van der Waals surface area contributed by atoms with Crippen molar-refractivity contribution in [2.24, 2.45) is 23.7 Å². The van der Waals surface area contributed by atoms with Crippen LogP contribution >= 0.6 is 0 Å². The van der Waals surface area contributed by atoms with Crippen molar-refractivity contribution in [2.75, 3.05) is 6.61 Å². The van der Waals surface area contributed by atoms with Crippen molar-refractivity contribution in [1.82, 2.24) is 16.0 Å². The lowest BCUT2D eigenvalue weighted by atomic mass is 9.61. The molecule has 0 saturated heterocycles. The second-order valence-electron chi connectivity index (χ2n) is 12.1. The average molecular weight is 505 g/mol. The van der Waals surface area contributed by atoms with Crippen LogP contribution in [0.1, 0.15) is 87.0 Å². The number of aliphatic hydroxyl groups is 1. The monoisotopic (exact) mass is 504 g/mol. The highest BCUT2D eigenvalue weighted by atomic mass is 16.5. The first-order valence-corrected chi connectivity index (χ1v) is 13.4. The van der Waals surface area contributed by atoms with Gasteiger partial charge in [0, 0.05) is 24.9 Å². The van der Waals surface area contributed by atoms with Crippen molar-refractivity contribution >= 4 is 18.0 Å². The van der Waals surface area contributed by atoms with Crippen LogP contribution in [-0.4, -0.2) is 46.9 Å². The third kappa shape index (κ3) is 8.95. The van der Waals surface area contributed by atoms with Gasteiger partial charge in [0.1, 0.15) is 5.57 Å². The fraction of sp³-hybridized carbons (Fsp3) is 0.750. The van der Waals surface area contributed by atoms with Crippen LogP contribution in [0.3, 0.4) is 0 Å². The maximum Gasteiger partial charge on any atom is 0.258 e. The quantitative estimate of drug-likeness (QED) is 0.156. The van der Waals surface area contributed by atoms with E-state index in [0.29, 0.717) is 31.3 Å². The summed E-state index contributed by atoms with van der Waals surface area (Å²) >= 11 is 0. The number of nitrogens with one attached hydrogen (secondary N) is 4. The number of rotatable bonds is 12. The molecule has 2 saturated carbocycles. The summed E-state index contributed by atoms with van der Waals surface area (Å²) in [5, 5.41) is 27.9. The second-order valence-corrected chi connectivity index (χ2v) is 12.1. The number of carbonyl (C=O) groups excluding carboxylic acids is 2.